The molecule has 0 aliphatic carbocycles. The quantitative estimate of drug-likeness (QED) is 0.391. The fourth-order valence-corrected chi connectivity index (χ4v) is 3.68. The van der Waals surface area contributed by atoms with Gasteiger partial charge in [0.05, 0.1) is 34.9 Å². The number of H-pyrrole nitrogens is 2. The second-order valence-electron chi connectivity index (χ2n) is 8.43. The van der Waals surface area contributed by atoms with Gasteiger partial charge in [-0.1, -0.05) is 12.1 Å². The molecular weight excluding hydrogens is 456 g/mol. The summed E-state index contributed by atoms with van der Waals surface area (Å²) < 4.78 is 3.61. The molecule has 0 spiro atoms. The molecule has 0 fully saturated rings. The molecule has 12 nitrogen and oxygen atoms in total. The number of benzene rings is 2. The van der Waals surface area contributed by atoms with Crippen molar-refractivity contribution >= 4 is 0 Å². The van der Waals surface area contributed by atoms with Gasteiger partial charge in [-0.25, -0.2) is 9.36 Å². The second kappa shape index (κ2) is 9.70. The van der Waals surface area contributed by atoms with Crippen LogP contribution < -0.4 is 0 Å². The molecule has 12 heteroatoms. The van der Waals surface area contributed by atoms with Crippen LogP contribution in [0.5, 0.6) is 0 Å². The van der Waals surface area contributed by atoms with E-state index in [-0.39, 0.29) is 0 Å². The van der Waals surface area contributed by atoms with Crippen molar-refractivity contribution in [2.75, 3.05) is 0 Å². The third-order valence-electron chi connectivity index (χ3n) is 5.60. The second-order valence-corrected chi connectivity index (χ2v) is 8.43. The van der Waals surface area contributed by atoms with Gasteiger partial charge in [-0.2, -0.15) is 20.6 Å². The Hall–Kier alpha value is -5.00. The monoisotopic (exact) mass is 480 g/mol. The van der Waals surface area contributed by atoms with Gasteiger partial charge in [-0.05, 0) is 84.6 Å². The molecule has 0 aliphatic heterocycles. The Morgan fingerprint density at radius 2 is 1.17 bits per heavy atom. The van der Waals surface area contributed by atoms with Crippen molar-refractivity contribution in [3.05, 3.63) is 83.4 Å². The molecule has 6 aromatic rings. The number of aryl methyl sites for hydroxylation is 4. The van der Waals surface area contributed by atoms with Crippen molar-refractivity contribution in [2.45, 2.75) is 27.7 Å². The van der Waals surface area contributed by atoms with E-state index >= 15 is 0 Å². The Balaban J connectivity index is 0.000000148. The highest BCUT2D eigenvalue weighted by atomic mass is 15.5. The Morgan fingerprint density at radius 1 is 0.611 bits per heavy atom. The fourth-order valence-electron chi connectivity index (χ4n) is 3.68. The zero-order valence-corrected chi connectivity index (χ0v) is 20.2. The zero-order valence-electron chi connectivity index (χ0n) is 20.2. The van der Waals surface area contributed by atoms with Gasteiger partial charge in [0.1, 0.15) is 0 Å². The van der Waals surface area contributed by atoms with E-state index in [1.165, 1.54) is 22.3 Å². The Bertz CT molecular complexity index is 1560. The molecule has 0 aliphatic rings. The maximum atomic E-state index is 4.32. The molecule has 0 saturated carbocycles. The molecule has 180 valence electrons. The summed E-state index contributed by atoms with van der Waals surface area (Å²) >= 11 is 0. The van der Waals surface area contributed by atoms with Crippen molar-refractivity contribution < 1.29 is 0 Å². The van der Waals surface area contributed by atoms with Gasteiger partial charge >= 0.3 is 0 Å². The van der Waals surface area contributed by atoms with Gasteiger partial charge in [0.15, 0.2) is 0 Å². The summed E-state index contributed by atoms with van der Waals surface area (Å²) in [7, 11) is 0. The molecule has 0 radical (unpaired) electrons. The van der Waals surface area contributed by atoms with Crippen LogP contribution in [0.4, 0.5) is 0 Å². The molecule has 2 aromatic carbocycles. The summed E-state index contributed by atoms with van der Waals surface area (Å²) in [5.74, 6) is 1.09. The van der Waals surface area contributed by atoms with Gasteiger partial charge in [0.2, 0.25) is 11.6 Å². The van der Waals surface area contributed by atoms with E-state index in [2.05, 4.69) is 109 Å². The Labute approximate surface area is 206 Å². The zero-order chi connectivity index (χ0) is 25.1. The minimum Gasteiger partial charge on any atom is -0.240 e. The Kier molecular flexibility index (Phi) is 6.14. The summed E-state index contributed by atoms with van der Waals surface area (Å²) in [4.78, 5) is 0. The van der Waals surface area contributed by atoms with Crippen molar-refractivity contribution in [1.29, 1.82) is 0 Å². The van der Waals surface area contributed by atoms with E-state index in [1.54, 1.807) is 17.1 Å². The lowest BCUT2D eigenvalue weighted by Crippen LogP contribution is -1.95. The van der Waals surface area contributed by atoms with Crippen LogP contribution in [-0.2, 0) is 0 Å². The number of aromatic amines is 2. The van der Waals surface area contributed by atoms with Gasteiger partial charge in [0, 0.05) is 12.4 Å². The predicted octanol–water partition coefficient (Wildman–Crippen LogP) is 3.34. The van der Waals surface area contributed by atoms with Crippen LogP contribution in [0.25, 0.3) is 34.2 Å². The smallest absolute Gasteiger partial charge is 0.207 e. The number of rotatable bonds is 4. The third kappa shape index (κ3) is 4.92. The van der Waals surface area contributed by atoms with Crippen molar-refractivity contribution in [2.24, 2.45) is 0 Å². The normalized spacial score (nSPS) is 10.8. The number of tetrazole rings is 2. The number of nitrogens with zero attached hydrogens (tertiary/aromatic N) is 10. The Morgan fingerprint density at radius 3 is 1.67 bits per heavy atom. The average molecular weight is 481 g/mol. The number of nitrogens with one attached hydrogen (secondary N) is 2. The summed E-state index contributed by atoms with van der Waals surface area (Å²) in [6, 6.07) is 12.5. The standard InChI is InChI=1S/2C12H12N6/c1-8-3-9(2)5-11(4-8)18-7-10(6-13-18)12-14-16-17-15-12;1-8-3-4-11(5-9(8)2)18-7-10(6-13-18)12-14-16-17-15-12/h2*3-7H,1-2H3,(H,14,15,16,17). The van der Waals surface area contributed by atoms with Crippen molar-refractivity contribution in [1.82, 2.24) is 60.8 Å². The van der Waals surface area contributed by atoms with Gasteiger partial charge in [-0.3, -0.25) is 0 Å². The van der Waals surface area contributed by atoms with E-state index < -0.39 is 0 Å². The minimum absolute atomic E-state index is 0.546. The molecule has 0 amide bonds. The van der Waals surface area contributed by atoms with Crippen LogP contribution in [0.15, 0.2) is 61.2 Å². The molecule has 0 unspecified atom stereocenters. The van der Waals surface area contributed by atoms with Crippen LogP contribution in [-0.4, -0.2) is 60.8 Å². The van der Waals surface area contributed by atoms with E-state index in [9.17, 15) is 0 Å². The summed E-state index contributed by atoms with van der Waals surface area (Å²) in [5.41, 5.74) is 8.65. The maximum Gasteiger partial charge on any atom is 0.207 e. The first kappa shape index (κ1) is 22.8. The summed E-state index contributed by atoms with van der Waals surface area (Å²) in [6.45, 7) is 8.32. The molecule has 36 heavy (non-hydrogen) atoms. The predicted molar refractivity (Wildman–Crippen MR) is 132 cm³/mol. The number of hydrogen-bond acceptors (Lipinski definition) is 8. The molecular formula is C24H24N12. The van der Waals surface area contributed by atoms with E-state index in [0.717, 1.165) is 22.5 Å². The fraction of sp³-hybridized carbons (Fsp3) is 0.167. The third-order valence-corrected chi connectivity index (χ3v) is 5.60. The molecule has 4 heterocycles. The molecule has 6 rings (SSSR count). The van der Waals surface area contributed by atoms with Gasteiger partial charge in [0.25, 0.3) is 0 Å². The summed E-state index contributed by atoms with van der Waals surface area (Å²) in [5, 5.41) is 36.3. The van der Waals surface area contributed by atoms with Crippen LogP contribution in [0.2, 0.25) is 0 Å². The molecule has 0 atom stereocenters. The van der Waals surface area contributed by atoms with Gasteiger partial charge < -0.3 is 0 Å². The first-order valence-corrected chi connectivity index (χ1v) is 11.2. The SMILES string of the molecule is Cc1cc(C)cc(-n2cc(-c3nn[nH]n3)cn2)c1.Cc1ccc(-n2cc(-c3nn[nH]n3)cn2)cc1C. The van der Waals surface area contributed by atoms with Crippen LogP contribution in [0.1, 0.15) is 22.3 Å². The van der Waals surface area contributed by atoms with E-state index in [4.69, 9.17) is 0 Å². The molecule has 0 bridgehead atoms. The summed E-state index contributed by atoms with van der Waals surface area (Å²) in [6.07, 6.45) is 7.22. The van der Waals surface area contributed by atoms with Crippen LogP contribution in [0.3, 0.4) is 0 Å². The van der Waals surface area contributed by atoms with Crippen molar-refractivity contribution in [3.8, 4) is 34.2 Å². The minimum atomic E-state index is 0.546. The van der Waals surface area contributed by atoms with Gasteiger partial charge in [-0.15, -0.1) is 20.4 Å². The lowest BCUT2D eigenvalue weighted by Gasteiger charge is -2.04. The maximum absolute atomic E-state index is 4.32. The van der Waals surface area contributed by atoms with E-state index in [1.807, 2.05) is 23.1 Å². The lowest BCUT2D eigenvalue weighted by atomic mass is 10.1. The average Bonchev–Trinajstić information content (AvgIpc) is 3.67. The first-order chi connectivity index (χ1) is 17.5. The molecule has 4 aromatic heterocycles. The number of aromatic nitrogens is 12. The topological polar surface area (TPSA) is 145 Å². The molecule has 2 N–H and O–H groups in total. The highest BCUT2D eigenvalue weighted by molar-refractivity contribution is 5.53. The molecule has 0 saturated heterocycles. The highest BCUT2D eigenvalue weighted by Crippen LogP contribution is 2.18. The largest absolute Gasteiger partial charge is 0.240 e. The van der Waals surface area contributed by atoms with Crippen molar-refractivity contribution in [3.63, 3.8) is 0 Å². The first-order valence-electron chi connectivity index (χ1n) is 11.2. The number of hydrogen-bond donors (Lipinski definition) is 2. The van der Waals surface area contributed by atoms with Crippen LogP contribution in [0, 0.1) is 27.7 Å². The highest BCUT2D eigenvalue weighted by Gasteiger charge is 2.08. The van der Waals surface area contributed by atoms with Crippen LogP contribution >= 0.6 is 0 Å². The van der Waals surface area contributed by atoms with E-state index in [0.29, 0.717) is 11.6 Å². The lowest BCUT2D eigenvalue weighted by molar-refractivity contribution is 0.877.